The Morgan fingerprint density at radius 2 is 1.40 bits per heavy atom. The van der Waals surface area contributed by atoms with Gasteiger partial charge in [0.25, 0.3) is 0 Å². The molecule has 0 rings (SSSR count). The highest BCUT2D eigenvalue weighted by molar-refractivity contribution is 6.66. The molecule has 0 aliphatic carbocycles. The Balaban J connectivity index is 0. The second-order valence-corrected chi connectivity index (χ2v) is 7.09. The number of rotatable bonds is 6. The lowest BCUT2D eigenvalue weighted by Crippen LogP contribution is -2.38. The summed E-state index contributed by atoms with van der Waals surface area (Å²) >= 11 is 0. The highest BCUT2D eigenvalue weighted by atomic mass is 28.4. The molecule has 15 heavy (non-hydrogen) atoms. The molecule has 0 aliphatic rings. The third-order valence-electron chi connectivity index (χ3n) is 1.60. The van der Waals surface area contributed by atoms with Gasteiger partial charge in [-0.25, -0.2) is 0 Å². The summed E-state index contributed by atoms with van der Waals surface area (Å²) in [7, 11) is -1.75. The van der Waals surface area contributed by atoms with Crippen LogP contribution in [0.25, 0.3) is 0 Å². The van der Waals surface area contributed by atoms with Gasteiger partial charge in [0.05, 0.1) is 0 Å². The fourth-order valence-corrected chi connectivity index (χ4v) is 3.75. The molecule has 0 fully saturated rings. The average Bonchev–Trinajstić information content (AvgIpc) is 2.03. The van der Waals surface area contributed by atoms with Gasteiger partial charge in [-0.05, 0) is 40.3 Å². The predicted octanol–water partition coefficient (Wildman–Crippen LogP) is 3.59. The summed E-state index contributed by atoms with van der Waals surface area (Å²) in [5, 5.41) is 6.50. The van der Waals surface area contributed by atoms with Crippen molar-refractivity contribution < 1.29 is 8.85 Å². The summed E-state index contributed by atoms with van der Waals surface area (Å²) in [6.45, 7) is 13.4. The molecule has 0 saturated carbocycles. The molecule has 0 aromatic heterocycles. The van der Waals surface area contributed by atoms with Crippen LogP contribution in [0.5, 0.6) is 0 Å². The van der Waals surface area contributed by atoms with Crippen LogP contribution in [0.2, 0.25) is 12.6 Å². The maximum absolute atomic E-state index is 6.50. The lowest BCUT2D eigenvalue weighted by Gasteiger charge is -2.25. The van der Waals surface area contributed by atoms with Gasteiger partial charge in [0, 0.05) is 18.9 Å². The molecule has 0 saturated heterocycles. The van der Waals surface area contributed by atoms with Crippen LogP contribution in [-0.2, 0) is 8.85 Å². The average molecular weight is 233 g/mol. The van der Waals surface area contributed by atoms with E-state index < -0.39 is 8.56 Å². The fourth-order valence-electron chi connectivity index (χ4n) is 1.25. The van der Waals surface area contributed by atoms with Crippen LogP contribution in [-0.4, -0.2) is 27.5 Å². The molecular formula is C11H27NO2Si. The maximum atomic E-state index is 6.50. The Kier molecular flexibility index (Phi) is 11.9. The molecular weight excluding hydrogens is 206 g/mol. The van der Waals surface area contributed by atoms with E-state index in [1.807, 2.05) is 13.8 Å². The highest BCUT2D eigenvalue weighted by Crippen LogP contribution is 2.14. The molecule has 92 valence electrons. The smallest absolute Gasteiger partial charge is 0.334 e. The van der Waals surface area contributed by atoms with Gasteiger partial charge in [-0.1, -0.05) is 13.3 Å². The van der Waals surface area contributed by atoms with Crippen molar-refractivity contribution in [1.82, 2.24) is 0 Å². The Bertz CT molecular complexity index is 142. The molecule has 0 aliphatic heterocycles. The SMILES string of the molecule is CC(C)=N.CCC[Si](C)(OCC)OCC. The van der Waals surface area contributed by atoms with E-state index >= 15 is 0 Å². The van der Waals surface area contributed by atoms with Gasteiger partial charge in [-0.3, -0.25) is 0 Å². The second-order valence-electron chi connectivity index (χ2n) is 3.75. The van der Waals surface area contributed by atoms with Crippen molar-refractivity contribution >= 4 is 14.3 Å². The zero-order valence-electron chi connectivity index (χ0n) is 11.1. The number of hydrogen-bond donors (Lipinski definition) is 1. The van der Waals surface area contributed by atoms with E-state index in [0.717, 1.165) is 25.7 Å². The van der Waals surface area contributed by atoms with Gasteiger partial charge in [0.2, 0.25) is 0 Å². The minimum Gasteiger partial charge on any atom is -0.395 e. The zero-order chi connectivity index (χ0) is 12.3. The zero-order valence-corrected chi connectivity index (χ0v) is 12.1. The van der Waals surface area contributed by atoms with E-state index in [1.165, 1.54) is 0 Å². The maximum Gasteiger partial charge on any atom is 0.334 e. The fraction of sp³-hybridized carbons (Fsp3) is 0.909. The van der Waals surface area contributed by atoms with E-state index in [4.69, 9.17) is 14.3 Å². The van der Waals surface area contributed by atoms with Crippen LogP contribution >= 0.6 is 0 Å². The first-order chi connectivity index (χ1) is 6.91. The predicted molar refractivity (Wildman–Crippen MR) is 69.0 cm³/mol. The van der Waals surface area contributed by atoms with Crippen LogP contribution in [0.4, 0.5) is 0 Å². The van der Waals surface area contributed by atoms with Crippen LogP contribution < -0.4 is 0 Å². The topological polar surface area (TPSA) is 42.3 Å². The summed E-state index contributed by atoms with van der Waals surface area (Å²) < 4.78 is 11.3. The van der Waals surface area contributed by atoms with E-state index in [-0.39, 0.29) is 0 Å². The molecule has 0 unspecified atom stereocenters. The normalized spacial score (nSPS) is 10.5. The first kappa shape index (κ1) is 17.2. The molecule has 0 radical (unpaired) electrons. The Morgan fingerprint density at radius 3 is 1.60 bits per heavy atom. The van der Waals surface area contributed by atoms with E-state index in [2.05, 4.69) is 13.5 Å². The summed E-state index contributed by atoms with van der Waals surface area (Å²) in [5.74, 6) is 0. The summed E-state index contributed by atoms with van der Waals surface area (Å²) in [5.41, 5.74) is 0.667. The van der Waals surface area contributed by atoms with E-state index in [1.54, 1.807) is 13.8 Å². The van der Waals surface area contributed by atoms with Crippen molar-refractivity contribution in [3.05, 3.63) is 0 Å². The molecule has 0 bridgehead atoms. The van der Waals surface area contributed by atoms with Gasteiger partial charge < -0.3 is 14.3 Å². The van der Waals surface area contributed by atoms with Crippen LogP contribution in [0.15, 0.2) is 0 Å². The molecule has 4 heteroatoms. The Morgan fingerprint density at radius 1 is 1.07 bits per heavy atom. The van der Waals surface area contributed by atoms with Crippen LogP contribution in [0, 0.1) is 5.41 Å². The minimum atomic E-state index is -1.75. The number of hydrogen-bond acceptors (Lipinski definition) is 3. The van der Waals surface area contributed by atoms with Gasteiger partial charge in [0.1, 0.15) is 0 Å². The molecule has 0 heterocycles. The van der Waals surface area contributed by atoms with Crippen molar-refractivity contribution in [2.45, 2.75) is 53.6 Å². The molecule has 0 atom stereocenters. The monoisotopic (exact) mass is 233 g/mol. The van der Waals surface area contributed by atoms with Crippen molar-refractivity contribution in [2.75, 3.05) is 13.2 Å². The van der Waals surface area contributed by atoms with E-state index in [9.17, 15) is 0 Å². The van der Waals surface area contributed by atoms with Crippen molar-refractivity contribution in [3.8, 4) is 0 Å². The lowest BCUT2D eigenvalue weighted by atomic mass is 10.5. The Labute approximate surface area is 95.9 Å². The summed E-state index contributed by atoms with van der Waals surface area (Å²) in [4.78, 5) is 0. The Hall–Kier alpha value is -0.193. The number of nitrogens with one attached hydrogen (secondary N) is 1. The molecule has 3 nitrogen and oxygen atoms in total. The summed E-state index contributed by atoms with van der Waals surface area (Å²) in [6, 6.07) is 1.11. The van der Waals surface area contributed by atoms with Gasteiger partial charge in [-0.15, -0.1) is 0 Å². The molecule has 0 spiro atoms. The lowest BCUT2D eigenvalue weighted by molar-refractivity contribution is 0.189. The van der Waals surface area contributed by atoms with Crippen molar-refractivity contribution in [1.29, 1.82) is 5.41 Å². The molecule has 0 aromatic carbocycles. The first-order valence-electron chi connectivity index (χ1n) is 5.71. The van der Waals surface area contributed by atoms with E-state index in [0.29, 0.717) is 5.71 Å². The minimum absolute atomic E-state index is 0.667. The standard InChI is InChI=1S/C8H20O2Si.C3H7N/c1-5-8-11(4,9-6-2)10-7-3;1-3(2)4/h5-8H2,1-4H3;4H,1-2H3. The van der Waals surface area contributed by atoms with Gasteiger partial charge in [-0.2, -0.15) is 0 Å². The van der Waals surface area contributed by atoms with Crippen LogP contribution in [0.3, 0.4) is 0 Å². The third kappa shape index (κ3) is 13.8. The van der Waals surface area contributed by atoms with Crippen molar-refractivity contribution in [2.24, 2.45) is 0 Å². The quantitative estimate of drug-likeness (QED) is 0.563. The first-order valence-corrected chi connectivity index (χ1v) is 8.23. The largest absolute Gasteiger partial charge is 0.395 e. The highest BCUT2D eigenvalue weighted by Gasteiger charge is 2.28. The molecule has 0 amide bonds. The molecule has 1 N–H and O–H groups in total. The summed E-state index contributed by atoms with van der Waals surface area (Å²) in [6.07, 6.45) is 1.16. The molecule has 0 aromatic rings. The van der Waals surface area contributed by atoms with Gasteiger partial charge in [0.15, 0.2) is 0 Å². The second kappa shape index (κ2) is 10.3. The van der Waals surface area contributed by atoms with Crippen LogP contribution in [0.1, 0.15) is 41.0 Å². The third-order valence-corrected chi connectivity index (χ3v) is 4.81. The van der Waals surface area contributed by atoms with Gasteiger partial charge >= 0.3 is 8.56 Å². The van der Waals surface area contributed by atoms with Crippen molar-refractivity contribution in [3.63, 3.8) is 0 Å².